The van der Waals surface area contributed by atoms with Crippen molar-refractivity contribution in [1.82, 2.24) is 0 Å². The highest BCUT2D eigenvalue weighted by Crippen LogP contribution is 2.32. The fourth-order valence-electron chi connectivity index (χ4n) is 2.00. The summed E-state index contributed by atoms with van der Waals surface area (Å²) in [6.07, 6.45) is 7.34. The lowest BCUT2D eigenvalue weighted by atomic mass is 9.89. The molecule has 0 aromatic rings. The number of hydrogen-bond donors (Lipinski definition) is 0. The van der Waals surface area contributed by atoms with Crippen LogP contribution < -0.4 is 0 Å². The first-order valence-corrected chi connectivity index (χ1v) is 5.74. The number of esters is 2. The van der Waals surface area contributed by atoms with Crippen LogP contribution in [0.5, 0.6) is 0 Å². The van der Waals surface area contributed by atoms with Crippen LogP contribution in [0, 0.1) is 0 Å². The maximum Gasteiger partial charge on any atom is 0.307 e. The Balaban J connectivity index is 2.81. The monoisotopic (exact) mass is 238 g/mol. The molecule has 0 radical (unpaired) electrons. The van der Waals surface area contributed by atoms with Crippen molar-refractivity contribution in [2.24, 2.45) is 0 Å². The van der Waals surface area contributed by atoms with E-state index < -0.39 is 5.60 Å². The molecule has 0 amide bonds. The first kappa shape index (κ1) is 13.5. The predicted octanol–water partition coefficient (Wildman–Crippen LogP) is 2.50. The molecule has 0 bridgehead atoms. The lowest BCUT2D eigenvalue weighted by molar-refractivity contribution is -0.154. The topological polar surface area (TPSA) is 52.6 Å². The summed E-state index contributed by atoms with van der Waals surface area (Å²) in [5.41, 5.74) is -0.667. The van der Waals surface area contributed by atoms with Gasteiger partial charge in [0.2, 0.25) is 0 Å². The molecule has 1 aliphatic carbocycles. The van der Waals surface area contributed by atoms with Crippen molar-refractivity contribution in [1.29, 1.82) is 0 Å². The minimum absolute atomic E-state index is 0.327. The van der Waals surface area contributed by atoms with Gasteiger partial charge in [-0.15, -0.1) is 0 Å². The minimum atomic E-state index is -0.667. The van der Waals surface area contributed by atoms with Gasteiger partial charge in [0.1, 0.15) is 11.4 Å². The van der Waals surface area contributed by atoms with Crippen LogP contribution in [0.1, 0.15) is 40.0 Å². The summed E-state index contributed by atoms with van der Waals surface area (Å²) in [6.45, 7) is 4.75. The van der Waals surface area contributed by atoms with Gasteiger partial charge >= 0.3 is 11.9 Å². The molecule has 17 heavy (non-hydrogen) atoms. The zero-order valence-electron chi connectivity index (χ0n) is 10.5. The van der Waals surface area contributed by atoms with E-state index in [1.165, 1.54) is 13.8 Å². The summed E-state index contributed by atoms with van der Waals surface area (Å²) in [4.78, 5) is 22.0. The maximum absolute atomic E-state index is 11.1. The molecule has 4 nitrogen and oxygen atoms in total. The number of carbonyl (C=O) groups is 2. The van der Waals surface area contributed by atoms with E-state index in [-0.39, 0.29) is 11.9 Å². The molecule has 0 saturated carbocycles. The fourth-order valence-corrected chi connectivity index (χ4v) is 2.00. The molecule has 0 N–H and O–H groups in total. The van der Waals surface area contributed by atoms with E-state index in [1.807, 2.05) is 13.0 Å². The molecule has 0 aliphatic heterocycles. The molecule has 1 unspecified atom stereocenters. The number of rotatable bonds is 4. The number of carbonyl (C=O) groups excluding carboxylic acids is 2. The quantitative estimate of drug-likeness (QED) is 0.706. The standard InChI is InChI=1S/C13H18O4/c1-4-7-13(17-11(3)15)8-5-6-12(9-13)16-10(2)14/h5-6,8H,4,7,9H2,1-3H3. The Hall–Kier alpha value is -1.58. The zero-order chi connectivity index (χ0) is 12.9. The van der Waals surface area contributed by atoms with E-state index in [2.05, 4.69) is 0 Å². The van der Waals surface area contributed by atoms with E-state index in [9.17, 15) is 9.59 Å². The highest BCUT2D eigenvalue weighted by Gasteiger charge is 2.33. The van der Waals surface area contributed by atoms with E-state index in [4.69, 9.17) is 9.47 Å². The van der Waals surface area contributed by atoms with Gasteiger partial charge in [0.25, 0.3) is 0 Å². The van der Waals surface area contributed by atoms with Gasteiger partial charge in [0.15, 0.2) is 0 Å². The van der Waals surface area contributed by atoms with Gasteiger partial charge in [0.05, 0.1) is 0 Å². The second-order valence-electron chi connectivity index (χ2n) is 4.17. The predicted molar refractivity (Wildman–Crippen MR) is 63.0 cm³/mol. The first-order chi connectivity index (χ1) is 7.97. The highest BCUT2D eigenvalue weighted by molar-refractivity contribution is 5.68. The Morgan fingerprint density at radius 1 is 1.35 bits per heavy atom. The summed E-state index contributed by atoms with van der Waals surface area (Å²) in [5.74, 6) is -0.151. The van der Waals surface area contributed by atoms with E-state index >= 15 is 0 Å². The molecular formula is C13H18O4. The van der Waals surface area contributed by atoms with Crippen LogP contribution in [0.15, 0.2) is 24.0 Å². The van der Waals surface area contributed by atoms with Crippen molar-refractivity contribution in [3.8, 4) is 0 Å². The van der Waals surface area contributed by atoms with Crippen molar-refractivity contribution in [3.05, 3.63) is 24.0 Å². The molecule has 1 rings (SSSR count). The summed E-state index contributed by atoms with van der Waals surface area (Å²) in [6, 6.07) is 0. The molecule has 0 spiro atoms. The Morgan fingerprint density at radius 2 is 2.06 bits per heavy atom. The smallest absolute Gasteiger partial charge is 0.307 e. The van der Waals surface area contributed by atoms with Gasteiger partial charge in [-0.25, -0.2) is 0 Å². The molecule has 4 heteroatoms. The van der Waals surface area contributed by atoms with E-state index in [0.717, 1.165) is 6.42 Å². The Kier molecular flexibility index (Phi) is 4.49. The lowest BCUT2D eigenvalue weighted by Gasteiger charge is -2.32. The number of ether oxygens (including phenoxy) is 2. The Bertz CT molecular complexity index is 368. The van der Waals surface area contributed by atoms with Gasteiger partial charge in [-0.3, -0.25) is 9.59 Å². The summed E-state index contributed by atoms with van der Waals surface area (Å²) in [7, 11) is 0. The van der Waals surface area contributed by atoms with Crippen LogP contribution in [0.25, 0.3) is 0 Å². The third-order valence-electron chi connectivity index (χ3n) is 2.45. The lowest BCUT2D eigenvalue weighted by Crippen LogP contribution is -2.34. The van der Waals surface area contributed by atoms with Gasteiger partial charge in [-0.1, -0.05) is 19.4 Å². The van der Waals surface area contributed by atoms with E-state index in [1.54, 1.807) is 12.2 Å². The van der Waals surface area contributed by atoms with Crippen LogP contribution >= 0.6 is 0 Å². The normalized spacial score (nSPS) is 22.9. The van der Waals surface area contributed by atoms with Crippen LogP contribution in [0.2, 0.25) is 0 Å². The van der Waals surface area contributed by atoms with Crippen molar-refractivity contribution < 1.29 is 19.1 Å². The van der Waals surface area contributed by atoms with Gasteiger partial charge in [-0.05, 0) is 18.6 Å². The Morgan fingerprint density at radius 3 is 2.59 bits per heavy atom. The molecular weight excluding hydrogens is 220 g/mol. The number of allylic oxidation sites excluding steroid dienone is 2. The van der Waals surface area contributed by atoms with Crippen LogP contribution in [-0.4, -0.2) is 17.5 Å². The van der Waals surface area contributed by atoms with Gasteiger partial charge < -0.3 is 9.47 Å². The third kappa shape index (κ3) is 4.06. The summed E-state index contributed by atoms with van der Waals surface area (Å²) < 4.78 is 10.4. The van der Waals surface area contributed by atoms with Crippen LogP contribution in [-0.2, 0) is 19.1 Å². The van der Waals surface area contributed by atoms with E-state index in [0.29, 0.717) is 18.6 Å². The number of hydrogen-bond acceptors (Lipinski definition) is 4. The van der Waals surface area contributed by atoms with Crippen LogP contribution in [0.3, 0.4) is 0 Å². The molecule has 0 fully saturated rings. The molecule has 1 aliphatic rings. The average molecular weight is 238 g/mol. The average Bonchev–Trinajstić information content (AvgIpc) is 2.15. The van der Waals surface area contributed by atoms with Gasteiger partial charge in [0, 0.05) is 20.3 Å². The molecule has 0 saturated heterocycles. The van der Waals surface area contributed by atoms with Gasteiger partial charge in [-0.2, -0.15) is 0 Å². The van der Waals surface area contributed by atoms with Crippen LogP contribution in [0.4, 0.5) is 0 Å². The van der Waals surface area contributed by atoms with Crippen molar-refractivity contribution in [2.45, 2.75) is 45.6 Å². The zero-order valence-corrected chi connectivity index (χ0v) is 10.5. The first-order valence-electron chi connectivity index (χ1n) is 5.74. The maximum atomic E-state index is 11.1. The highest BCUT2D eigenvalue weighted by atomic mass is 16.6. The largest absolute Gasteiger partial charge is 0.455 e. The molecule has 94 valence electrons. The molecule has 0 aromatic heterocycles. The van der Waals surface area contributed by atoms with Crippen molar-refractivity contribution >= 4 is 11.9 Å². The van der Waals surface area contributed by atoms with Crippen molar-refractivity contribution in [3.63, 3.8) is 0 Å². The second-order valence-corrected chi connectivity index (χ2v) is 4.17. The van der Waals surface area contributed by atoms with Crippen molar-refractivity contribution in [2.75, 3.05) is 0 Å². The summed E-state index contributed by atoms with van der Waals surface area (Å²) >= 11 is 0. The third-order valence-corrected chi connectivity index (χ3v) is 2.45. The molecule has 1 atom stereocenters. The SMILES string of the molecule is CCCC1(OC(C)=O)C=CC=C(OC(C)=O)C1. The Labute approximate surface area is 101 Å². The summed E-state index contributed by atoms with van der Waals surface area (Å²) in [5, 5.41) is 0. The second kappa shape index (κ2) is 5.66. The molecule has 0 aromatic carbocycles. The fraction of sp³-hybridized carbons (Fsp3) is 0.538. The molecule has 0 heterocycles. The minimum Gasteiger partial charge on any atom is -0.455 e.